The molecule has 0 unspecified atom stereocenters. The summed E-state index contributed by atoms with van der Waals surface area (Å²) in [5.41, 5.74) is 24.1. The maximum absolute atomic E-state index is 13.0. The zero-order chi connectivity index (χ0) is 45.3. The number of ether oxygens (including phenoxy) is 14. The first kappa shape index (κ1) is 57.9. The molecule has 25 heteroatoms. The van der Waals surface area contributed by atoms with E-state index in [9.17, 15) is 4.79 Å². The lowest BCUT2D eigenvalue weighted by molar-refractivity contribution is -0.157. The van der Waals surface area contributed by atoms with E-state index >= 15 is 0 Å². The first-order valence-electron chi connectivity index (χ1n) is 21.6. The first-order valence-corrected chi connectivity index (χ1v) is 21.6. The Kier molecular flexibility index (Phi) is 43.0. The number of hydrogen-bond acceptors (Lipinski definition) is 19. The average molecular weight is 909 g/mol. The molecular weight excluding hydrogens is 836 g/mol. The number of carbonyl (C=O) groups excluding carboxylic acids is 1. The van der Waals surface area contributed by atoms with E-state index in [-0.39, 0.29) is 78.3 Å². The largest absolute Gasteiger partial charge is 0.465 e. The van der Waals surface area contributed by atoms with Crippen LogP contribution in [0.1, 0.15) is 19.3 Å². The molecule has 0 atom stereocenters. The Bertz CT molecular complexity index is 1090. The van der Waals surface area contributed by atoms with Gasteiger partial charge in [-0.2, -0.15) is 0 Å². The molecular formula is C38H72N10O15. The zero-order valence-corrected chi connectivity index (χ0v) is 37.1. The minimum Gasteiger partial charge on any atom is -0.465 e. The molecule has 0 spiro atoms. The fraction of sp³-hybridized carbons (Fsp3) is 0.974. The van der Waals surface area contributed by atoms with Gasteiger partial charge in [0.1, 0.15) is 6.61 Å². The summed E-state index contributed by atoms with van der Waals surface area (Å²) >= 11 is 0. The Morgan fingerprint density at radius 2 is 0.778 bits per heavy atom. The normalized spacial score (nSPS) is 13.8. The van der Waals surface area contributed by atoms with Crippen molar-refractivity contribution < 1.29 is 71.1 Å². The molecule has 1 fully saturated rings. The molecule has 1 aliphatic heterocycles. The Morgan fingerprint density at radius 1 is 0.460 bits per heavy atom. The summed E-state index contributed by atoms with van der Waals surface area (Å²) < 4.78 is 79.0. The van der Waals surface area contributed by atoms with Crippen LogP contribution in [0.3, 0.4) is 0 Å². The molecule has 0 radical (unpaired) electrons. The molecule has 0 N–H and O–H groups in total. The highest BCUT2D eigenvalue weighted by Gasteiger charge is 2.34. The standard InChI is InChI=1S/C38H72N10O15/c39-45-42-4-10-50-15-18-54-21-24-57-27-30-60-33-38(36-63-37(49)3-1-2-7-48-8-13-53-14-9-48,34-61-31-28-58-25-22-55-19-16-51-11-5-43-46-40)35-62-32-29-59-26-23-56-20-17-52-12-6-44-47-41/h1-36H2. The summed E-state index contributed by atoms with van der Waals surface area (Å²) in [5, 5.41) is 10.2. The van der Waals surface area contributed by atoms with Crippen LogP contribution in [0.25, 0.3) is 31.3 Å². The van der Waals surface area contributed by atoms with Gasteiger partial charge in [0.2, 0.25) is 0 Å². The molecule has 1 aliphatic rings. The molecule has 1 heterocycles. The third-order valence-electron chi connectivity index (χ3n) is 8.52. The molecule has 0 bridgehead atoms. The number of azide groups is 3. The number of rotatable bonds is 49. The predicted octanol–water partition coefficient (Wildman–Crippen LogP) is 3.15. The monoisotopic (exact) mass is 909 g/mol. The molecule has 63 heavy (non-hydrogen) atoms. The summed E-state index contributed by atoms with van der Waals surface area (Å²) in [6.07, 6.45) is 1.87. The number of nitrogens with zero attached hydrogens (tertiary/aromatic N) is 10. The molecule has 0 aromatic rings. The van der Waals surface area contributed by atoms with Gasteiger partial charge in [0, 0.05) is 53.9 Å². The van der Waals surface area contributed by atoms with Gasteiger partial charge in [0.05, 0.1) is 177 Å². The van der Waals surface area contributed by atoms with E-state index in [2.05, 4.69) is 35.0 Å². The van der Waals surface area contributed by atoms with Crippen LogP contribution in [0.15, 0.2) is 15.3 Å². The third-order valence-corrected chi connectivity index (χ3v) is 8.52. The number of unbranched alkanes of at least 4 members (excludes halogenated alkanes) is 1. The minimum atomic E-state index is -0.853. The highest BCUT2D eigenvalue weighted by Crippen LogP contribution is 2.22. The van der Waals surface area contributed by atoms with Gasteiger partial charge in [0.25, 0.3) is 0 Å². The van der Waals surface area contributed by atoms with Crippen molar-refractivity contribution in [2.45, 2.75) is 19.3 Å². The molecule has 0 amide bonds. The van der Waals surface area contributed by atoms with Crippen molar-refractivity contribution in [3.05, 3.63) is 31.3 Å². The van der Waals surface area contributed by atoms with Crippen molar-refractivity contribution in [1.29, 1.82) is 0 Å². The van der Waals surface area contributed by atoms with Crippen molar-refractivity contribution in [2.24, 2.45) is 20.8 Å². The van der Waals surface area contributed by atoms with E-state index < -0.39 is 5.41 Å². The van der Waals surface area contributed by atoms with Crippen LogP contribution in [0.2, 0.25) is 0 Å². The van der Waals surface area contributed by atoms with Gasteiger partial charge in [-0.05, 0) is 36.0 Å². The van der Waals surface area contributed by atoms with Crippen LogP contribution in [-0.2, 0) is 71.1 Å². The van der Waals surface area contributed by atoms with Crippen LogP contribution in [0.4, 0.5) is 0 Å². The van der Waals surface area contributed by atoms with Crippen molar-refractivity contribution in [3.8, 4) is 0 Å². The van der Waals surface area contributed by atoms with Crippen LogP contribution < -0.4 is 0 Å². The quantitative estimate of drug-likeness (QED) is 0.0278. The van der Waals surface area contributed by atoms with Crippen molar-refractivity contribution in [2.75, 3.05) is 218 Å². The lowest BCUT2D eigenvalue weighted by Crippen LogP contribution is -2.43. The Morgan fingerprint density at radius 3 is 1.11 bits per heavy atom. The number of morpholine rings is 1. The average Bonchev–Trinajstić information content (AvgIpc) is 3.30. The van der Waals surface area contributed by atoms with E-state index in [1.165, 1.54) is 0 Å². The number of carbonyl (C=O) groups is 1. The zero-order valence-electron chi connectivity index (χ0n) is 37.1. The smallest absolute Gasteiger partial charge is 0.305 e. The van der Waals surface area contributed by atoms with E-state index in [0.29, 0.717) is 125 Å². The van der Waals surface area contributed by atoms with Crippen LogP contribution in [-0.4, -0.2) is 229 Å². The fourth-order valence-corrected chi connectivity index (χ4v) is 5.28. The lowest BCUT2D eigenvalue weighted by Gasteiger charge is -2.32. The second kappa shape index (κ2) is 46.8. The number of esters is 1. The van der Waals surface area contributed by atoms with Crippen molar-refractivity contribution >= 4 is 5.97 Å². The maximum atomic E-state index is 13.0. The Labute approximate surface area is 370 Å². The first-order chi connectivity index (χ1) is 31.2. The SMILES string of the molecule is [N-]=[N+]=NCCOCCOCCOCCOCC(COCCOCCOCCOCCN=[N+]=[N-])(COCCOCCOCCOCCN=[N+]=[N-])COC(=O)CCCCN1CCOCC1. The predicted molar refractivity (Wildman–Crippen MR) is 226 cm³/mol. The Balaban J connectivity index is 2.64. The summed E-state index contributed by atoms with van der Waals surface area (Å²) in [7, 11) is 0. The summed E-state index contributed by atoms with van der Waals surface area (Å²) in [4.78, 5) is 23.4. The molecule has 0 aliphatic carbocycles. The topological polar surface area (TPSA) is 296 Å². The van der Waals surface area contributed by atoms with Gasteiger partial charge in [-0.1, -0.05) is 15.3 Å². The van der Waals surface area contributed by atoms with Crippen molar-refractivity contribution in [1.82, 2.24) is 4.90 Å². The van der Waals surface area contributed by atoms with E-state index in [1.807, 2.05) is 0 Å². The molecule has 1 saturated heterocycles. The molecule has 1 rings (SSSR count). The van der Waals surface area contributed by atoms with E-state index in [1.54, 1.807) is 0 Å². The van der Waals surface area contributed by atoms with Gasteiger partial charge in [-0.3, -0.25) is 9.69 Å². The Hall–Kier alpha value is -3.16. The van der Waals surface area contributed by atoms with Gasteiger partial charge in [-0.15, -0.1) is 0 Å². The minimum absolute atomic E-state index is 0.00812. The van der Waals surface area contributed by atoms with Gasteiger partial charge in [0.15, 0.2) is 0 Å². The summed E-state index contributed by atoms with van der Waals surface area (Å²) in [6, 6.07) is 0. The highest BCUT2D eigenvalue weighted by molar-refractivity contribution is 5.69. The van der Waals surface area contributed by atoms with Gasteiger partial charge < -0.3 is 66.3 Å². The van der Waals surface area contributed by atoms with Crippen LogP contribution in [0.5, 0.6) is 0 Å². The number of hydrogen-bond donors (Lipinski definition) is 0. The summed E-state index contributed by atoms with van der Waals surface area (Å²) in [5.74, 6) is -0.306. The molecule has 364 valence electrons. The van der Waals surface area contributed by atoms with Crippen LogP contribution in [0, 0.1) is 5.41 Å². The molecule has 25 nitrogen and oxygen atoms in total. The fourth-order valence-electron chi connectivity index (χ4n) is 5.28. The maximum Gasteiger partial charge on any atom is 0.305 e. The molecule has 0 saturated carbocycles. The highest BCUT2D eigenvalue weighted by atomic mass is 16.6. The van der Waals surface area contributed by atoms with Crippen LogP contribution >= 0.6 is 0 Å². The lowest BCUT2D eigenvalue weighted by atomic mass is 9.92. The van der Waals surface area contributed by atoms with E-state index in [4.69, 9.17) is 82.9 Å². The third kappa shape index (κ3) is 40.1. The second-order valence-electron chi connectivity index (χ2n) is 13.6. The molecule has 0 aromatic carbocycles. The second-order valence-corrected chi connectivity index (χ2v) is 13.6. The summed E-state index contributed by atoms with van der Waals surface area (Å²) in [6.45, 7) is 12.7. The van der Waals surface area contributed by atoms with E-state index in [0.717, 1.165) is 39.3 Å². The van der Waals surface area contributed by atoms with Crippen molar-refractivity contribution in [3.63, 3.8) is 0 Å². The molecule has 0 aromatic heterocycles. The van der Waals surface area contributed by atoms with Gasteiger partial charge >= 0.3 is 5.97 Å². The van der Waals surface area contributed by atoms with Gasteiger partial charge in [-0.25, -0.2) is 0 Å².